The Morgan fingerprint density at radius 1 is 0.778 bits per heavy atom. The van der Waals surface area contributed by atoms with Crippen LogP contribution in [-0.4, -0.2) is 19.9 Å². The number of nitrogens with two attached hydrogens (primary N) is 2. The molecule has 0 aliphatic carbocycles. The molecule has 6 N–H and O–H groups in total. The van der Waals surface area contributed by atoms with Gasteiger partial charge < -0.3 is 16.8 Å². The lowest BCUT2D eigenvalue weighted by molar-refractivity contribution is 0.593. The van der Waals surface area contributed by atoms with E-state index in [0.29, 0.717) is 13.3 Å². The van der Waals surface area contributed by atoms with Crippen molar-refractivity contribution >= 4 is 21.5 Å². The Morgan fingerprint density at radius 2 is 1.52 bits per heavy atom. The predicted molar refractivity (Wildman–Crippen MR) is 117 cm³/mol. The topological polar surface area (TPSA) is 76.1 Å². The van der Waals surface area contributed by atoms with Gasteiger partial charge in [-0.2, -0.15) is 0 Å². The van der Waals surface area contributed by atoms with Gasteiger partial charge >= 0.3 is 0 Å². The number of nitrogens with one attached hydrogen (secondary N) is 2. The summed E-state index contributed by atoms with van der Waals surface area (Å²) in [7, 11) is 0. The predicted octanol–water partition coefficient (Wildman–Crippen LogP) is 3.53. The zero-order valence-corrected chi connectivity index (χ0v) is 16.4. The van der Waals surface area contributed by atoms with Gasteiger partial charge in [-0.25, -0.2) is 0 Å². The van der Waals surface area contributed by atoms with Crippen LogP contribution in [0.3, 0.4) is 0 Å². The maximum atomic E-state index is 5.68. The van der Waals surface area contributed by atoms with Crippen molar-refractivity contribution in [1.29, 1.82) is 0 Å². The fourth-order valence-electron chi connectivity index (χ4n) is 3.90. The maximum absolute atomic E-state index is 5.68. The van der Waals surface area contributed by atoms with Gasteiger partial charge in [-0.05, 0) is 65.4 Å². The highest BCUT2D eigenvalue weighted by Gasteiger charge is 2.13. The molecular formula is C23H32N4. The van der Waals surface area contributed by atoms with E-state index in [4.69, 9.17) is 11.5 Å². The van der Waals surface area contributed by atoms with Crippen LogP contribution in [0.5, 0.6) is 0 Å². The van der Waals surface area contributed by atoms with Gasteiger partial charge in [0.1, 0.15) is 0 Å². The van der Waals surface area contributed by atoms with Crippen LogP contribution >= 0.6 is 0 Å². The van der Waals surface area contributed by atoms with E-state index < -0.39 is 0 Å². The number of aryl methyl sites for hydroxylation is 2. The minimum Gasteiger partial charge on any atom is -0.330 e. The number of fused-ring (bicyclic) bond motifs is 2. The average molecular weight is 365 g/mol. The first-order chi connectivity index (χ1) is 13.3. The first-order valence-corrected chi connectivity index (χ1v) is 10.0. The smallest absolute Gasteiger partial charge is 0.0467 e. The highest BCUT2D eigenvalue weighted by Crippen LogP contribution is 2.34. The van der Waals surface area contributed by atoms with E-state index in [0.717, 1.165) is 25.9 Å². The summed E-state index contributed by atoms with van der Waals surface area (Å²) >= 11 is 0. The molecule has 0 heterocycles. The lowest BCUT2D eigenvalue weighted by atomic mass is 9.88. The Labute approximate surface area is 162 Å². The lowest BCUT2D eigenvalue weighted by Crippen LogP contribution is -2.32. The largest absolute Gasteiger partial charge is 0.330 e. The zero-order chi connectivity index (χ0) is 19.1. The van der Waals surface area contributed by atoms with Crippen LogP contribution in [0.25, 0.3) is 21.5 Å². The van der Waals surface area contributed by atoms with Crippen molar-refractivity contribution in [3.63, 3.8) is 0 Å². The molecule has 0 aliphatic heterocycles. The van der Waals surface area contributed by atoms with Crippen molar-refractivity contribution < 1.29 is 0 Å². The molecule has 0 unspecified atom stereocenters. The Hall–Kier alpha value is -1.98. The normalized spacial score (nSPS) is 11.5. The molecule has 0 aliphatic rings. The van der Waals surface area contributed by atoms with Crippen LogP contribution in [0.1, 0.15) is 36.0 Å². The number of unbranched alkanes of at least 4 members (excludes halogenated alkanes) is 2. The van der Waals surface area contributed by atoms with Crippen molar-refractivity contribution in [3.05, 3.63) is 59.2 Å². The molecule has 0 spiro atoms. The van der Waals surface area contributed by atoms with E-state index in [9.17, 15) is 0 Å². The molecule has 3 aromatic carbocycles. The van der Waals surface area contributed by atoms with E-state index >= 15 is 0 Å². The fourth-order valence-corrected chi connectivity index (χ4v) is 3.90. The van der Waals surface area contributed by atoms with E-state index in [-0.39, 0.29) is 0 Å². The third-order valence-electron chi connectivity index (χ3n) is 5.23. The van der Waals surface area contributed by atoms with Gasteiger partial charge in [0.25, 0.3) is 0 Å². The number of hydrogen-bond acceptors (Lipinski definition) is 4. The molecule has 0 fully saturated rings. The summed E-state index contributed by atoms with van der Waals surface area (Å²) in [6.45, 7) is 4.97. The molecule has 0 amide bonds. The molecule has 0 saturated carbocycles. The van der Waals surface area contributed by atoms with Gasteiger partial charge in [0.15, 0.2) is 0 Å². The summed E-state index contributed by atoms with van der Waals surface area (Å²) < 4.78 is 0. The second kappa shape index (κ2) is 9.81. The Morgan fingerprint density at radius 3 is 2.26 bits per heavy atom. The molecule has 0 bridgehead atoms. The minimum absolute atomic E-state index is 0.482. The lowest BCUT2D eigenvalue weighted by Gasteiger charge is -2.18. The van der Waals surface area contributed by atoms with Crippen molar-refractivity contribution in [3.8, 4) is 0 Å². The SMILES string of the molecule is Cc1ccc2c(CNCNCN)c3ccccc3c(CCCCCN)c2c1. The number of benzene rings is 3. The van der Waals surface area contributed by atoms with Gasteiger partial charge in [-0.3, -0.25) is 5.32 Å². The fraction of sp³-hybridized carbons (Fsp3) is 0.391. The molecule has 0 atom stereocenters. The van der Waals surface area contributed by atoms with Crippen molar-refractivity contribution in [1.82, 2.24) is 10.6 Å². The average Bonchev–Trinajstić information content (AvgIpc) is 2.69. The second-order valence-electron chi connectivity index (χ2n) is 7.21. The van der Waals surface area contributed by atoms with Crippen molar-refractivity contribution in [2.45, 2.75) is 39.2 Å². The molecule has 3 rings (SSSR count). The highest BCUT2D eigenvalue weighted by atomic mass is 15.1. The molecule has 4 nitrogen and oxygen atoms in total. The van der Waals surface area contributed by atoms with Crippen LogP contribution < -0.4 is 22.1 Å². The third-order valence-corrected chi connectivity index (χ3v) is 5.23. The molecule has 0 aromatic heterocycles. The monoisotopic (exact) mass is 364 g/mol. The second-order valence-corrected chi connectivity index (χ2v) is 7.21. The molecular weight excluding hydrogens is 332 g/mol. The summed E-state index contributed by atoms with van der Waals surface area (Å²) in [6.07, 6.45) is 4.57. The maximum Gasteiger partial charge on any atom is 0.0467 e. The summed E-state index contributed by atoms with van der Waals surface area (Å²) in [5.74, 6) is 0. The van der Waals surface area contributed by atoms with Gasteiger partial charge in [-0.1, -0.05) is 54.4 Å². The molecule has 4 heteroatoms. The number of rotatable bonds is 10. The summed E-state index contributed by atoms with van der Waals surface area (Å²) in [5, 5.41) is 12.1. The standard InChI is InChI=1S/C23H32N4/c1-17-10-11-21-22(13-17)19(7-3-2-6-12-24)18-8-4-5-9-20(18)23(21)14-26-16-27-15-25/h4-5,8-11,13,26-27H,2-3,6-7,12,14-16,24-25H2,1H3. The van der Waals surface area contributed by atoms with Gasteiger partial charge in [0.2, 0.25) is 0 Å². The van der Waals surface area contributed by atoms with Crippen LogP contribution in [0.2, 0.25) is 0 Å². The quantitative estimate of drug-likeness (QED) is 0.252. The Bertz CT molecular complexity index is 888. The van der Waals surface area contributed by atoms with E-state index in [1.54, 1.807) is 0 Å². The van der Waals surface area contributed by atoms with E-state index in [1.165, 1.54) is 51.1 Å². The van der Waals surface area contributed by atoms with Crippen molar-refractivity contribution in [2.75, 3.05) is 19.9 Å². The Kier molecular flexibility index (Phi) is 7.18. The highest BCUT2D eigenvalue weighted by molar-refractivity contribution is 6.06. The van der Waals surface area contributed by atoms with E-state index in [1.807, 2.05) is 0 Å². The van der Waals surface area contributed by atoms with Gasteiger partial charge in [-0.15, -0.1) is 0 Å². The van der Waals surface area contributed by atoms with Crippen LogP contribution in [0, 0.1) is 6.92 Å². The van der Waals surface area contributed by atoms with Crippen LogP contribution in [0.4, 0.5) is 0 Å². The van der Waals surface area contributed by atoms with Gasteiger partial charge in [0.05, 0.1) is 0 Å². The number of hydrogen-bond donors (Lipinski definition) is 4. The summed E-state index contributed by atoms with van der Waals surface area (Å²) in [5.41, 5.74) is 15.4. The summed E-state index contributed by atoms with van der Waals surface area (Å²) in [6, 6.07) is 15.7. The van der Waals surface area contributed by atoms with E-state index in [2.05, 4.69) is 60.0 Å². The zero-order valence-electron chi connectivity index (χ0n) is 16.4. The molecule has 27 heavy (non-hydrogen) atoms. The first kappa shape index (κ1) is 19.8. The molecule has 3 aromatic rings. The third kappa shape index (κ3) is 4.66. The molecule has 0 radical (unpaired) electrons. The van der Waals surface area contributed by atoms with Crippen LogP contribution in [0.15, 0.2) is 42.5 Å². The van der Waals surface area contributed by atoms with Crippen LogP contribution in [-0.2, 0) is 13.0 Å². The first-order valence-electron chi connectivity index (χ1n) is 10.0. The molecule has 144 valence electrons. The minimum atomic E-state index is 0.482. The summed E-state index contributed by atoms with van der Waals surface area (Å²) in [4.78, 5) is 0. The Balaban J connectivity index is 2.08. The molecule has 0 saturated heterocycles. The van der Waals surface area contributed by atoms with Gasteiger partial charge in [0, 0.05) is 19.9 Å². The van der Waals surface area contributed by atoms with Crippen molar-refractivity contribution in [2.24, 2.45) is 11.5 Å².